The Morgan fingerprint density at radius 2 is 1.65 bits per heavy atom. The first-order valence-electron chi connectivity index (χ1n) is 5.03. The van der Waals surface area contributed by atoms with Gasteiger partial charge in [-0.25, -0.2) is 17.6 Å². The maximum absolute atomic E-state index is 13.6. The Hall–Kier alpha value is -1.84. The van der Waals surface area contributed by atoms with E-state index in [4.69, 9.17) is 0 Å². The number of fused-ring (bicyclic) bond motifs is 3. The Morgan fingerprint density at radius 3 is 2.41 bits per heavy atom. The highest BCUT2D eigenvalue weighted by atomic mass is 19.2. The van der Waals surface area contributed by atoms with Gasteiger partial charge in [0, 0.05) is 17.5 Å². The molecule has 0 nitrogen and oxygen atoms in total. The normalized spacial score (nSPS) is 12.5. The summed E-state index contributed by atoms with van der Waals surface area (Å²) in [5.74, 6) is -4.57. The van der Waals surface area contributed by atoms with E-state index in [0.717, 1.165) is 6.07 Å². The molecule has 86 valence electrons. The van der Waals surface area contributed by atoms with Gasteiger partial charge in [-0.3, -0.25) is 0 Å². The van der Waals surface area contributed by atoms with Gasteiger partial charge < -0.3 is 0 Å². The van der Waals surface area contributed by atoms with Crippen LogP contribution in [0.3, 0.4) is 0 Å². The summed E-state index contributed by atoms with van der Waals surface area (Å²) in [5, 5.41) is 0. The Morgan fingerprint density at radius 1 is 0.882 bits per heavy atom. The molecule has 4 heteroatoms. The Bertz CT molecular complexity index is 632. The molecule has 17 heavy (non-hydrogen) atoms. The van der Waals surface area contributed by atoms with Crippen LogP contribution in [-0.4, -0.2) is 0 Å². The van der Waals surface area contributed by atoms with E-state index >= 15 is 0 Å². The molecule has 0 bridgehead atoms. The van der Waals surface area contributed by atoms with Gasteiger partial charge in [0.25, 0.3) is 0 Å². The maximum atomic E-state index is 13.6. The molecule has 0 amide bonds. The lowest BCUT2D eigenvalue weighted by Crippen LogP contribution is -1.96. The fourth-order valence-corrected chi connectivity index (χ4v) is 2.24. The van der Waals surface area contributed by atoms with E-state index < -0.39 is 23.3 Å². The lowest BCUT2D eigenvalue weighted by atomic mass is 10.0. The van der Waals surface area contributed by atoms with Crippen molar-refractivity contribution in [3.05, 3.63) is 58.7 Å². The monoisotopic (exact) mass is 238 g/mol. The molecule has 0 saturated heterocycles. The molecule has 0 N–H and O–H groups in total. The van der Waals surface area contributed by atoms with Gasteiger partial charge in [-0.2, -0.15) is 0 Å². The first-order valence-corrected chi connectivity index (χ1v) is 5.03. The highest BCUT2D eigenvalue weighted by Gasteiger charge is 2.28. The molecule has 0 fully saturated rings. The van der Waals surface area contributed by atoms with Crippen LogP contribution >= 0.6 is 0 Å². The zero-order valence-corrected chi connectivity index (χ0v) is 8.53. The third kappa shape index (κ3) is 1.30. The van der Waals surface area contributed by atoms with E-state index in [1.807, 2.05) is 0 Å². The molecule has 0 saturated carbocycles. The van der Waals surface area contributed by atoms with Crippen molar-refractivity contribution in [3.8, 4) is 11.1 Å². The van der Waals surface area contributed by atoms with Crippen molar-refractivity contribution in [2.75, 3.05) is 0 Å². The minimum atomic E-state index is -1.50. The summed E-state index contributed by atoms with van der Waals surface area (Å²) in [6.45, 7) is 0. The van der Waals surface area contributed by atoms with Gasteiger partial charge in [-0.15, -0.1) is 0 Å². The summed E-state index contributed by atoms with van der Waals surface area (Å²) in [5.41, 5.74) is 0.836. The van der Waals surface area contributed by atoms with Crippen molar-refractivity contribution >= 4 is 0 Å². The molecule has 0 atom stereocenters. The van der Waals surface area contributed by atoms with Gasteiger partial charge in [0.15, 0.2) is 17.5 Å². The second-order valence-electron chi connectivity index (χ2n) is 3.96. The molecule has 0 radical (unpaired) electrons. The molecule has 0 heterocycles. The third-order valence-electron chi connectivity index (χ3n) is 3.00. The van der Waals surface area contributed by atoms with Crippen molar-refractivity contribution in [3.63, 3.8) is 0 Å². The van der Waals surface area contributed by atoms with Crippen LogP contribution in [-0.2, 0) is 6.42 Å². The summed E-state index contributed by atoms with van der Waals surface area (Å²) in [6.07, 6.45) is 0.0887. The number of benzene rings is 2. The quantitative estimate of drug-likeness (QED) is 0.412. The van der Waals surface area contributed by atoms with Crippen LogP contribution in [0.15, 0.2) is 24.3 Å². The van der Waals surface area contributed by atoms with Crippen LogP contribution in [0.1, 0.15) is 11.1 Å². The van der Waals surface area contributed by atoms with E-state index in [9.17, 15) is 17.6 Å². The highest BCUT2D eigenvalue weighted by molar-refractivity contribution is 5.77. The first-order chi connectivity index (χ1) is 8.09. The maximum Gasteiger partial charge on any atom is 0.194 e. The molecular weight excluding hydrogens is 232 g/mol. The van der Waals surface area contributed by atoms with E-state index in [1.54, 1.807) is 6.07 Å². The standard InChI is InChI=1S/C13H6F4/c14-9-3-1-2-6-4-8-7(11(6)9)5-10(15)13(17)12(8)16/h1-3,5H,4H2. The summed E-state index contributed by atoms with van der Waals surface area (Å²) in [4.78, 5) is 0. The molecule has 0 aromatic heterocycles. The molecule has 0 aliphatic heterocycles. The summed E-state index contributed by atoms with van der Waals surface area (Å²) in [7, 11) is 0. The second kappa shape index (κ2) is 3.32. The number of halogens is 4. The van der Waals surface area contributed by atoms with Crippen LogP contribution < -0.4 is 0 Å². The van der Waals surface area contributed by atoms with Crippen molar-refractivity contribution in [1.29, 1.82) is 0 Å². The number of rotatable bonds is 0. The van der Waals surface area contributed by atoms with Gasteiger partial charge in [0.1, 0.15) is 5.82 Å². The predicted molar refractivity (Wildman–Crippen MR) is 54.5 cm³/mol. The summed E-state index contributed by atoms with van der Waals surface area (Å²) >= 11 is 0. The molecule has 1 aliphatic rings. The van der Waals surface area contributed by atoms with Crippen LogP contribution in [0.2, 0.25) is 0 Å². The fraction of sp³-hybridized carbons (Fsp3) is 0.0769. The molecule has 0 unspecified atom stereocenters. The van der Waals surface area contributed by atoms with Gasteiger partial charge in [0.2, 0.25) is 0 Å². The van der Waals surface area contributed by atoms with Crippen LogP contribution in [0.5, 0.6) is 0 Å². The third-order valence-corrected chi connectivity index (χ3v) is 3.00. The molecular formula is C13H6F4. The number of hydrogen-bond acceptors (Lipinski definition) is 0. The SMILES string of the molecule is Fc1cc2c(c(F)c1F)Cc1cccc(F)c1-2. The Labute approximate surface area is 94.5 Å². The minimum absolute atomic E-state index is 0.0176. The van der Waals surface area contributed by atoms with E-state index in [0.29, 0.717) is 5.56 Å². The van der Waals surface area contributed by atoms with Gasteiger partial charge >= 0.3 is 0 Å². The average molecular weight is 238 g/mol. The highest BCUT2D eigenvalue weighted by Crippen LogP contribution is 2.40. The second-order valence-corrected chi connectivity index (χ2v) is 3.96. The molecule has 0 spiro atoms. The Kier molecular flexibility index (Phi) is 2.02. The number of hydrogen-bond donors (Lipinski definition) is 0. The van der Waals surface area contributed by atoms with E-state index in [-0.39, 0.29) is 23.1 Å². The van der Waals surface area contributed by atoms with Crippen LogP contribution in [0.25, 0.3) is 11.1 Å². The van der Waals surface area contributed by atoms with E-state index in [2.05, 4.69) is 0 Å². The lowest BCUT2D eigenvalue weighted by Gasteiger charge is -2.04. The molecule has 3 rings (SSSR count). The van der Waals surface area contributed by atoms with Gasteiger partial charge in [-0.05, 0) is 23.3 Å². The van der Waals surface area contributed by atoms with Crippen molar-refractivity contribution in [1.82, 2.24) is 0 Å². The van der Waals surface area contributed by atoms with Gasteiger partial charge in [-0.1, -0.05) is 12.1 Å². The first kappa shape index (κ1) is 10.3. The van der Waals surface area contributed by atoms with Crippen molar-refractivity contribution < 1.29 is 17.6 Å². The van der Waals surface area contributed by atoms with Gasteiger partial charge in [0.05, 0.1) is 0 Å². The van der Waals surface area contributed by atoms with Crippen molar-refractivity contribution in [2.45, 2.75) is 6.42 Å². The fourth-order valence-electron chi connectivity index (χ4n) is 2.24. The summed E-state index contributed by atoms with van der Waals surface area (Å²) < 4.78 is 53.3. The smallest absolute Gasteiger partial charge is 0.194 e. The molecule has 1 aliphatic carbocycles. The molecule has 2 aromatic rings. The lowest BCUT2D eigenvalue weighted by molar-refractivity contribution is 0.443. The average Bonchev–Trinajstić information content (AvgIpc) is 2.66. The Balaban J connectivity index is 2.37. The van der Waals surface area contributed by atoms with Crippen molar-refractivity contribution in [2.24, 2.45) is 0 Å². The predicted octanol–water partition coefficient (Wildman–Crippen LogP) is 3.81. The summed E-state index contributed by atoms with van der Waals surface area (Å²) in [6, 6.07) is 5.17. The molecule has 2 aromatic carbocycles. The van der Waals surface area contributed by atoms with Crippen LogP contribution in [0.4, 0.5) is 17.6 Å². The van der Waals surface area contributed by atoms with E-state index in [1.165, 1.54) is 12.1 Å². The zero-order chi connectivity index (χ0) is 12.2. The largest absolute Gasteiger partial charge is 0.206 e. The zero-order valence-electron chi connectivity index (χ0n) is 8.53. The van der Waals surface area contributed by atoms with Crippen LogP contribution in [0, 0.1) is 23.3 Å². The topological polar surface area (TPSA) is 0 Å². The minimum Gasteiger partial charge on any atom is -0.206 e.